The normalized spacial score (nSPS) is 10.1. The molecule has 0 radical (unpaired) electrons. The van der Waals surface area contributed by atoms with Crippen LogP contribution in [0.1, 0.15) is 25.0 Å². The van der Waals surface area contributed by atoms with Crippen LogP contribution in [0.25, 0.3) is 11.1 Å². The Morgan fingerprint density at radius 3 is 2.23 bits per heavy atom. The van der Waals surface area contributed by atoms with Gasteiger partial charge in [-0.1, -0.05) is 49.7 Å². The molecular formula is C28H31ClN4O2. The molecule has 35 heavy (non-hydrogen) atoms. The SMILES string of the molecule is CC.Cc1cc(Cl)cc(NC(=O)CN(C(=O)CN(C)C)c2ccc(-c3cccc(C#N)c3)cc2)c1. The van der Waals surface area contributed by atoms with E-state index in [9.17, 15) is 9.59 Å². The van der Waals surface area contributed by atoms with E-state index in [0.29, 0.717) is 22.0 Å². The minimum atomic E-state index is -0.324. The largest absolute Gasteiger partial charge is 0.324 e. The van der Waals surface area contributed by atoms with Crippen molar-refractivity contribution in [3.63, 3.8) is 0 Å². The van der Waals surface area contributed by atoms with E-state index < -0.39 is 0 Å². The lowest BCUT2D eigenvalue weighted by Crippen LogP contribution is -2.42. The Labute approximate surface area is 212 Å². The first-order chi connectivity index (χ1) is 16.7. The van der Waals surface area contributed by atoms with Gasteiger partial charge in [0.25, 0.3) is 0 Å². The van der Waals surface area contributed by atoms with Gasteiger partial charge in [0, 0.05) is 16.4 Å². The molecule has 0 spiro atoms. The number of amides is 2. The molecule has 3 aromatic rings. The molecule has 0 atom stereocenters. The summed E-state index contributed by atoms with van der Waals surface area (Å²) in [4.78, 5) is 28.9. The number of rotatable bonds is 7. The maximum atomic E-state index is 12.9. The number of carbonyl (C=O) groups excluding carboxylic acids is 2. The standard InChI is InChI=1S/C26H25ClN4O2.C2H6/c1-18-11-22(27)14-23(12-18)29-25(32)16-31(26(33)17-30(2)3)24-9-7-20(8-10-24)21-6-4-5-19(13-21)15-28;1-2/h4-14H,16-17H2,1-3H3,(H,29,32);1-2H3. The van der Waals surface area contributed by atoms with Gasteiger partial charge < -0.3 is 15.1 Å². The van der Waals surface area contributed by atoms with Crippen molar-refractivity contribution in [2.45, 2.75) is 20.8 Å². The van der Waals surface area contributed by atoms with Crippen LogP contribution in [0.2, 0.25) is 5.02 Å². The topological polar surface area (TPSA) is 76.4 Å². The number of likely N-dealkylation sites (N-methyl/N-ethyl adjacent to an activating group) is 1. The first-order valence-electron chi connectivity index (χ1n) is 11.4. The average molecular weight is 491 g/mol. The quantitative estimate of drug-likeness (QED) is 0.457. The van der Waals surface area contributed by atoms with Crippen LogP contribution in [-0.4, -0.2) is 43.9 Å². The molecule has 182 valence electrons. The lowest BCUT2D eigenvalue weighted by molar-refractivity contribution is -0.122. The van der Waals surface area contributed by atoms with Gasteiger partial charge in [-0.2, -0.15) is 5.26 Å². The summed E-state index contributed by atoms with van der Waals surface area (Å²) in [7, 11) is 3.60. The summed E-state index contributed by atoms with van der Waals surface area (Å²) < 4.78 is 0. The second kappa shape index (κ2) is 13.3. The lowest BCUT2D eigenvalue weighted by Gasteiger charge is -2.24. The molecule has 0 aliphatic carbocycles. The molecule has 0 aliphatic rings. The van der Waals surface area contributed by atoms with Gasteiger partial charge in [0.2, 0.25) is 11.8 Å². The minimum absolute atomic E-state index is 0.137. The fourth-order valence-corrected chi connectivity index (χ4v) is 3.72. The highest BCUT2D eigenvalue weighted by Crippen LogP contribution is 2.25. The van der Waals surface area contributed by atoms with E-state index in [1.54, 1.807) is 49.3 Å². The molecule has 0 aromatic heterocycles. The van der Waals surface area contributed by atoms with E-state index in [4.69, 9.17) is 16.9 Å². The Bertz CT molecular complexity index is 1180. The van der Waals surface area contributed by atoms with E-state index in [1.165, 1.54) is 4.90 Å². The smallest absolute Gasteiger partial charge is 0.244 e. The molecule has 0 unspecified atom stereocenters. The molecule has 0 fully saturated rings. The van der Waals surface area contributed by atoms with Crippen LogP contribution in [0.4, 0.5) is 11.4 Å². The molecule has 3 aromatic carbocycles. The third-order valence-corrected chi connectivity index (χ3v) is 5.10. The van der Waals surface area contributed by atoms with Gasteiger partial charge >= 0.3 is 0 Å². The van der Waals surface area contributed by atoms with Gasteiger partial charge in [0.1, 0.15) is 6.54 Å². The summed E-state index contributed by atoms with van der Waals surface area (Å²) >= 11 is 6.09. The molecule has 0 bridgehead atoms. The van der Waals surface area contributed by atoms with E-state index in [-0.39, 0.29) is 24.9 Å². The van der Waals surface area contributed by atoms with Crippen LogP contribution >= 0.6 is 11.6 Å². The second-order valence-corrected chi connectivity index (χ2v) is 8.46. The number of halogens is 1. The number of nitrogens with one attached hydrogen (secondary N) is 1. The third-order valence-electron chi connectivity index (χ3n) is 4.88. The van der Waals surface area contributed by atoms with Gasteiger partial charge in [0.05, 0.1) is 18.2 Å². The zero-order valence-electron chi connectivity index (χ0n) is 20.8. The molecule has 0 saturated carbocycles. The van der Waals surface area contributed by atoms with Gasteiger partial charge in [-0.05, 0) is 80.2 Å². The zero-order chi connectivity index (χ0) is 26.0. The summed E-state index contributed by atoms with van der Waals surface area (Å²) in [5.74, 6) is -0.522. The fourth-order valence-electron chi connectivity index (χ4n) is 3.43. The molecule has 0 heterocycles. The van der Waals surface area contributed by atoms with E-state index in [0.717, 1.165) is 16.7 Å². The van der Waals surface area contributed by atoms with Gasteiger partial charge in [-0.3, -0.25) is 9.59 Å². The number of aryl methyl sites for hydroxylation is 1. The third kappa shape index (κ3) is 8.25. The summed E-state index contributed by atoms with van der Waals surface area (Å²) in [6.07, 6.45) is 0. The number of nitrogens with zero attached hydrogens (tertiary/aromatic N) is 3. The Kier molecular flexibility index (Phi) is 10.5. The minimum Gasteiger partial charge on any atom is -0.324 e. The van der Waals surface area contributed by atoms with Crippen LogP contribution in [0.5, 0.6) is 0 Å². The van der Waals surface area contributed by atoms with Crippen LogP contribution in [0, 0.1) is 18.3 Å². The Hall–Kier alpha value is -3.66. The second-order valence-electron chi connectivity index (χ2n) is 8.02. The maximum absolute atomic E-state index is 12.9. The summed E-state index contributed by atoms with van der Waals surface area (Å²) in [6.45, 7) is 5.92. The van der Waals surface area contributed by atoms with Crippen LogP contribution in [-0.2, 0) is 9.59 Å². The fraction of sp³-hybridized carbons (Fsp3) is 0.250. The molecule has 0 aliphatic heterocycles. The Morgan fingerprint density at radius 2 is 1.63 bits per heavy atom. The van der Waals surface area contributed by atoms with E-state index >= 15 is 0 Å². The highest BCUT2D eigenvalue weighted by Gasteiger charge is 2.20. The average Bonchev–Trinajstić information content (AvgIpc) is 2.83. The molecule has 3 rings (SSSR count). The van der Waals surface area contributed by atoms with Crippen LogP contribution in [0.15, 0.2) is 66.7 Å². The number of hydrogen-bond acceptors (Lipinski definition) is 4. The Morgan fingerprint density at radius 1 is 0.943 bits per heavy atom. The molecular weight excluding hydrogens is 460 g/mol. The highest BCUT2D eigenvalue weighted by atomic mass is 35.5. The van der Waals surface area contributed by atoms with E-state index in [1.807, 2.05) is 57.2 Å². The van der Waals surface area contributed by atoms with Crippen molar-refractivity contribution in [3.8, 4) is 17.2 Å². The monoisotopic (exact) mass is 490 g/mol. The molecule has 0 saturated heterocycles. The predicted molar refractivity (Wildman–Crippen MR) is 144 cm³/mol. The van der Waals surface area contributed by atoms with Gasteiger partial charge in [0.15, 0.2) is 0 Å². The lowest BCUT2D eigenvalue weighted by atomic mass is 10.0. The van der Waals surface area contributed by atoms with Crippen molar-refractivity contribution in [1.82, 2.24) is 4.90 Å². The van der Waals surface area contributed by atoms with Crippen molar-refractivity contribution in [2.75, 3.05) is 37.4 Å². The van der Waals surface area contributed by atoms with Gasteiger partial charge in [-0.25, -0.2) is 0 Å². The molecule has 7 heteroatoms. The summed E-state index contributed by atoms with van der Waals surface area (Å²) in [5.41, 5.74) is 4.51. The number of anilines is 2. The van der Waals surface area contributed by atoms with Crippen molar-refractivity contribution < 1.29 is 9.59 Å². The first-order valence-corrected chi connectivity index (χ1v) is 11.8. The molecule has 1 N–H and O–H groups in total. The van der Waals surface area contributed by atoms with Crippen LogP contribution in [0.3, 0.4) is 0 Å². The van der Waals surface area contributed by atoms with Gasteiger partial charge in [-0.15, -0.1) is 0 Å². The zero-order valence-corrected chi connectivity index (χ0v) is 21.6. The van der Waals surface area contributed by atoms with Crippen LogP contribution < -0.4 is 10.2 Å². The predicted octanol–water partition coefficient (Wildman–Crippen LogP) is 5.75. The Balaban J connectivity index is 0.00000210. The van der Waals surface area contributed by atoms with E-state index in [2.05, 4.69) is 11.4 Å². The maximum Gasteiger partial charge on any atom is 0.244 e. The first kappa shape index (κ1) is 27.6. The number of carbonyl (C=O) groups is 2. The summed E-state index contributed by atoms with van der Waals surface area (Å²) in [5, 5.41) is 12.5. The summed E-state index contributed by atoms with van der Waals surface area (Å²) in [6, 6.07) is 22.1. The van der Waals surface area contributed by atoms with Crippen molar-refractivity contribution in [1.29, 1.82) is 5.26 Å². The van der Waals surface area contributed by atoms with Crippen molar-refractivity contribution in [2.24, 2.45) is 0 Å². The number of nitriles is 1. The number of benzene rings is 3. The number of hydrogen-bond donors (Lipinski definition) is 1. The molecule has 6 nitrogen and oxygen atoms in total. The molecule has 2 amide bonds. The highest BCUT2D eigenvalue weighted by molar-refractivity contribution is 6.31. The van der Waals surface area contributed by atoms with Crippen molar-refractivity contribution in [3.05, 3.63) is 82.9 Å². The van der Waals surface area contributed by atoms with Crippen molar-refractivity contribution >= 4 is 34.8 Å².